The molecule has 0 N–H and O–H groups in total. The summed E-state index contributed by atoms with van der Waals surface area (Å²) in [6, 6.07) is 0. The predicted octanol–water partition coefficient (Wildman–Crippen LogP) is 3.64. The monoisotopic (exact) mass is 361 g/mol. The van der Waals surface area contributed by atoms with Crippen molar-refractivity contribution in [3.8, 4) is 0 Å². The van der Waals surface area contributed by atoms with E-state index < -0.39 is 0 Å². The van der Waals surface area contributed by atoms with Gasteiger partial charge in [0.15, 0.2) is 0 Å². The van der Waals surface area contributed by atoms with Crippen LogP contribution in [0.15, 0.2) is 0 Å². The van der Waals surface area contributed by atoms with Gasteiger partial charge in [-0.25, -0.2) is 0 Å². The Balaban J connectivity index is 1.34. The second-order valence-electron chi connectivity index (χ2n) is 11.1. The Morgan fingerprint density at radius 2 is 1.96 bits per heavy atom. The fraction of sp³-hybridized carbons (Fsp3) is 0.955. The lowest BCUT2D eigenvalue weighted by Crippen LogP contribution is -2.51. The van der Waals surface area contributed by atoms with E-state index in [1.54, 1.807) is 0 Å². The molecular formula is C22H35NO3. The molecule has 4 nitrogen and oxygen atoms in total. The number of likely N-dealkylation sites (tertiary alicyclic amines) is 1. The number of hydrogen-bond acceptors (Lipinski definition) is 4. The highest BCUT2D eigenvalue weighted by molar-refractivity contribution is 5.75. The number of esters is 1. The lowest BCUT2D eigenvalue weighted by Gasteiger charge is -2.51. The minimum Gasteiger partial charge on any atom is -0.462 e. The van der Waals surface area contributed by atoms with Crippen LogP contribution < -0.4 is 0 Å². The Morgan fingerprint density at radius 3 is 2.69 bits per heavy atom. The molecule has 0 bridgehead atoms. The predicted molar refractivity (Wildman–Crippen MR) is 99.7 cm³/mol. The van der Waals surface area contributed by atoms with Gasteiger partial charge in [0.25, 0.3) is 0 Å². The number of piperidine rings is 1. The molecule has 0 radical (unpaired) electrons. The minimum atomic E-state index is 0.0798. The molecule has 0 unspecified atom stereocenters. The molecule has 146 valence electrons. The molecule has 0 aromatic rings. The molecule has 5 rings (SSSR count). The Morgan fingerprint density at radius 1 is 1.15 bits per heavy atom. The number of nitrogens with zero attached hydrogens (tertiary/aromatic N) is 1. The molecule has 6 atom stereocenters. The van der Waals surface area contributed by atoms with Gasteiger partial charge in [-0.2, -0.15) is 0 Å². The molecular weight excluding hydrogens is 326 g/mol. The fourth-order valence-corrected chi connectivity index (χ4v) is 7.14. The highest BCUT2D eigenvalue weighted by atomic mass is 16.6. The van der Waals surface area contributed by atoms with Crippen LogP contribution in [0.5, 0.6) is 0 Å². The molecule has 0 amide bonds. The normalized spacial score (nSPS) is 50.2. The zero-order chi connectivity index (χ0) is 18.2. The third-order valence-corrected chi connectivity index (χ3v) is 8.51. The molecule has 1 spiro atoms. The van der Waals surface area contributed by atoms with Crippen molar-refractivity contribution in [3.05, 3.63) is 0 Å². The van der Waals surface area contributed by atoms with Crippen LogP contribution in [0.25, 0.3) is 0 Å². The summed E-state index contributed by atoms with van der Waals surface area (Å²) in [7, 11) is 0. The number of rotatable bonds is 2. The van der Waals surface area contributed by atoms with Gasteiger partial charge in [0.1, 0.15) is 6.10 Å². The van der Waals surface area contributed by atoms with Crippen LogP contribution in [-0.2, 0) is 14.3 Å². The van der Waals surface area contributed by atoms with Gasteiger partial charge in [0.05, 0.1) is 18.1 Å². The van der Waals surface area contributed by atoms with Crippen LogP contribution in [0.2, 0.25) is 0 Å². The van der Waals surface area contributed by atoms with Gasteiger partial charge in [-0.05, 0) is 68.2 Å². The van der Waals surface area contributed by atoms with Gasteiger partial charge in [-0.3, -0.25) is 4.79 Å². The molecule has 5 fully saturated rings. The summed E-state index contributed by atoms with van der Waals surface area (Å²) in [6.07, 6.45) is 8.66. The molecule has 4 heteroatoms. The van der Waals surface area contributed by atoms with Crippen LogP contribution in [0, 0.1) is 28.6 Å². The average molecular weight is 362 g/mol. The van der Waals surface area contributed by atoms with Crippen molar-refractivity contribution in [1.29, 1.82) is 0 Å². The van der Waals surface area contributed by atoms with Crippen molar-refractivity contribution in [1.82, 2.24) is 4.90 Å². The number of carbonyl (C=O) groups excluding carboxylic acids is 1. The number of ether oxygens (including phenoxy) is 2. The molecule has 3 saturated heterocycles. The molecule has 3 heterocycles. The molecule has 26 heavy (non-hydrogen) atoms. The number of fused-ring (bicyclic) bond motifs is 3. The third kappa shape index (κ3) is 2.74. The van der Waals surface area contributed by atoms with E-state index in [2.05, 4.69) is 25.7 Å². The minimum absolute atomic E-state index is 0.0798. The summed E-state index contributed by atoms with van der Waals surface area (Å²) in [5.74, 6) is 1.19. The van der Waals surface area contributed by atoms with Gasteiger partial charge in [-0.1, -0.05) is 20.8 Å². The maximum absolute atomic E-state index is 12.8. The number of epoxide rings is 1. The third-order valence-electron chi connectivity index (χ3n) is 8.51. The molecule has 0 aromatic carbocycles. The lowest BCUT2D eigenvalue weighted by atomic mass is 9.53. The standard InChI is InChI=1S/C22H35NO3/c1-20(2)6-5-9-23(13-20)12-16-15-10-18-21(3,11-17(15)26-19(16)24)7-4-8-22(18)14-25-22/h15-18H,4-14H2,1-3H3/t15-,16+,17+,18-,21+,22-/m1/s1. The van der Waals surface area contributed by atoms with Gasteiger partial charge in [-0.15, -0.1) is 0 Å². The first-order valence-electron chi connectivity index (χ1n) is 10.9. The van der Waals surface area contributed by atoms with Crippen LogP contribution in [0.3, 0.4) is 0 Å². The van der Waals surface area contributed by atoms with E-state index in [0.717, 1.165) is 39.1 Å². The number of hydrogen-bond donors (Lipinski definition) is 0. The molecule has 3 aliphatic heterocycles. The van der Waals surface area contributed by atoms with E-state index in [1.165, 1.54) is 32.1 Å². The molecule has 2 aliphatic carbocycles. The van der Waals surface area contributed by atoms with Crippen molar-refractivity contribution < 1.29 is 14.3 Å². The van der Waals surface area contributed by atoms with Gasteiger partial charge < -0.3 is 14.4 Å². The highest BCUT2D eigenvalue weighted by Crippen LogP contribution is 2.62. The zero-order valence-electron chi connectivity index (χ0n) is 16.8. The van der Waals surface area contributed by atoms with E-state index >= 15 is 0 Å². The van der Waals surface area contributed by atoms with Crippen molar-refractivity contribution in [3.63, 3.8) is 0 Å². The quantitative estimate of drug-likeness (QED) is 0.556. The van der Waals surface area contributed by atoms with E-state index in [4.69, 9.17) is 9.47 Å². The van der Waals surface area contributed by atoms with Gasteiger partial charge in [0, 0.05) is 19.0 Å². The Labute approximate surface area is 158 Å². The zero-order valence-corrected chi connectivity index (χ0v) is 16.8. The van der Waals surface area contributed by atoms with Crippen LogP contribution in [0.1, 0.15) is 65.7 Å². The van der Waals surface area contributed by atoms with Crippen molar-refractivity contribution in [2.45, 2.75) is 77.4 Å². The van der Waals surface area contributed by atoms with E-state index in [0.29, 0.717) is 22.7 Å². The SMILES string of the molecule is CC1(C)CCCN(C[C@@H]2C(=O)O[C@H]3C[C@]4(C)CCC[C@@]5(CO5)[C@@H]4C[C@@H]32)C1. The average Bonchev–Trinajstić information content (AvgIpc) is 3.25. The van der Waals surface area contributed by atoms with Crippen molar-refractivity contribution >= 4 is 5.97 Å². The van der Waals surface area contributed by atoms with Gasteiger partial charge in [0.2, 0.25) is 0 Å². The second-order valence-corrected chi connectivity index (χ2v) is 11.1. The first-order valence-corrected chi connectivity index (χ1v) is 10.9. The summed E-state index contributed by atoms with van der Waals surface area (Å²) in [5.41, 5.74) is 0.833. The van der Waals surface area contributed by atoms with Crippen molar-refractivity contribution in [2.75, 3.05) is 26.2 Å². The van der Waals surface area contributed by atoms with Crippen LogP contribution >= 0.6 is 0 Å². The molecule has 5 aliphatic rings. The first-order chi connectivity index (χ1) is 12.3. The fourth-order valence-electron chi connectivity index (χ4n) is 7.14. The smallest absolute Gasteiger partial charge is 0.310 e. The Kier molecular flexibility index (Phi) is 3.83. The van der Waals surface area contributed by atoms with Crippen LogP contribution in [0.4, 0.5) is 0 Å². The van der Waals surface area contributed by atoms with E-state index in [9.17, 15) is 4.79 Å². The highest BCUT2D eigenvalue weighted by Gasteiger charge is 2.65. The largest absolute Gasteiger partial charge is 0.462 e. The van der Waals surface area contributed by atoms with E-state index in [1.807, 2.05) is 0 Å². The molecule has 2 saturated carbocycles. The summed E-state index contributed by atoms with van der Waals surface area (Å²) >= 11 is 0. The Bertz CT molecular complexity index is 598. The maximum Gasteiger partial charge on any atom is 0.310 e. The van der Waals surface area contributed by atoms with Crippen molar-refractivity contribution in [2.24, 2.45) is 28.6 Å². The summed E-state index contributed by atoms with van der Waals surface area (Å²) in [4.78, 5) is 15.3. The topological polar surface area (TPSA) is 42.1 Å². The second kappa shape index (κ2) is 5.70. The Hall–Kier alpha value is -0.610. The summed E-state index contributed by atoms with van der Waals surface area (Å²) in [5, 5.41) is 0. The van der Waals surface area contributed by atoms with Gasteiger partial charge >= 0.3 is 5.97 Å². The number of carbonyl (C=O) groups is 1. The van der Waals surface area contributed by atoms with Crippen LogP contribution in [-0.4, -0.2) is 48.8 Å². The maximum atomic E-state index is 12.8. The lowest BCUT2D eigenvalue weighted by molar-refractivity contribution is -0.147. The summed E-state index contributed by atoms with van der Waals surface area (Å²) in [6.45, 7) is 11.3. The first kappa shape index (κ1) is 17.5. The summed E-state index contributed by atoms with van der Waals surface area (Å²) < 4.78 is 12.0. The molecule has 0 aromatic heterocycles. The van der Waals surface area contributed by atoms with E-state index in [-0.39, 0.29) is 23.6 Å².